The maximum atomic E-state index is 13.3. The molecule has 4 rings (SSSR count). The Kier molecular flexibility index (Phi) is 5.46. The minimum Gasteiger partial charge on any atom is -0.342 e. The summed E-state index contributed by atoms with van der Waals surface area (Å²) in [4.78, 5) is 21.5. The largest absolute Gasteiger partial charge is 0.342 e. The van der Waals surface area contributed by atoms with Gasteiger partial charge in [-0.25, -0.2) is 18.7 Å². The number of pyridine rings is 1. The van der Waals surface area contributed by atoms with Crippen LogP contribution in [0.1, 0.15) is 76.8 Å². The first kappa shape index (κ1) is 20.6. The second-order valence-electron chi connectivity index (χ2n) is 7.60. The number of carbonyl (C=O) groups excluding carboxylic acids is 1. The van der Waals surface area contributed by atoms with Crippen LogP contribution in [0.15, 0.2) is 36.5 Å². The Morgan fingerprint density at radius 2 is 2.06 bits per heavy atom. The van der Waals surface area contributed by atoms with Crippen LogP contribution < -0.4 is 5.32 Å². The molecular formula is C22H20F2N6O. The summed E-state index contributed by atoms with van der Waals surface area (Å²) in [5.74, 6) is 1.16. The molecule has 1 aliphatic carbocycles. The highest BCUT2D eigenvalue weighted by atomic mass is 19.3. The van der Waals surface area contributed by atoms with Crippen LogP contribution in [0.3, 0.4) is 0 Å². The fourth-order valence-corrected chi connectivity index (χ4v) is 3.39. The lowest BCUT2D eigenvalue weighted by atomic mass is 10.0. The summed E-state index contributed by atoms with van der Waals surface area (Å²) >= 11 is 0. The van der Waals surface area contributed by atoms with Gasteiger partial charge in [-0.2, -0.15) is 9.94 Å². The van der Waals surface area contributed by atoms with E-state index < -0.39 is 18.4 Å². The molecule has 1 fully saturated rings. The third-order valence-electron chi connectivity index (χ3n) is 5.11. The van der Waals surface area contributed by atoms with Crippen LogP contribution in [0.2, 0.25) is 0 Å². The van der Waals surface area contributed by atoms with Crippen LogP contribution in [0.4, 0.5) is 8.78 Å². The van der Waals surface area contributed by atoms with Crippen LogP contribution in [-0.4, -0.2) is 25.7 Å². The number of carbonyl (C=O) groups is 1. The van der Waals surface area contributed by atoms with Crippen molar-refractivity contribution in [1.82, 2.24) is 25.1 Å². The number of aryl methyl sites for hydroxylation is 1. The van der Waals surface area contributed by atoms with Gasteiger partial charge in [0.25, 0.3) is 12.3 Å². The molecule has 158 valence electrons. The molecule has 2 heterocycles. The monoisotopic (exact) mass is 422 g/mol. The molecule has 1 atom stereocenters. The number of nitriles is 1. The van der Waals surface area contributed by atoms with Gasteiger partial charge in [0.1, 0.15) is 11.9 Å². The Labute approximate surface area is 177 Å². The van der Waals surface area contributed by atoms with E-state index >= 15 is 0 Å². The highest BCUT2D eigenvalue weighted by Gasteiger charge is 2.27. The van der Waals surface area contributed by atoms with Crippen molar-refractivity contribution in [2.45, 2.75) is 45.1 Å². The second kappa shape index (κ2) is 8.22. The number of hydrogen-bond acceptors (Lipinski definition) is 5. The molecule has 0 aliphatic heterocycles. The quantitative estimate of drug-likeness (QED) is 0.644. The van der Waals surface area contributed by atoms with Gasteiger partial charge in [-0.1, -0.05) is 0 Å². The lowest BCUT2D eigenvalue weighted by Crippen LogP contribution is -2.29. The first-order valence-electron chi connectivity index (χ1n) is 9.89. The molecule has 1 saturated carbocycles. The maximum Gasteiger partial charge on any atom is 0.263 e. The Balaban J connectivity index is 1.59. The minimum atomic E-state index is -2.64. The van der Waals surface area contributed by atoms with Gasteiger partial charge < -0.3 is 5.32 Å². The number of hydrogen-bond donors (Lipinski definition) is 1. The SMILES string of the molecule is Cc1nc([C@H](C)NC(=O)c2cc(C(F)F)cc(C3CC3)c2)n(-c2ccc(C#N)cn2)n1. The second-order valence-corrected chi connectivity index (χ2v) is 7.60. The average molecular weight is 422 g/mol. The van der Waals surface area contributed by atoms with Crippen molar-refractivity contribution in [2.24, 2.45) is 0 Å². The lowest BCUT2D eigenvalue weighted by Gasteiger charge is -2.15. The van der Waals surface area contributed by atoms with E-state index in [2.05, 4.69) is 20.4 Å². The number of nitrogens with zero attached hydrogens (tertiary/aromatic N) is 5. The van der Waals surface area contributed by atoms with Crippen molar-refractivity contribution in [3.05, 3.63) is 70.4 Å². The van der Waals surface area contributed by atoms with E-state index in [4.69, 9.17) is 5.26 Å². The summed E-state index contributed by atoms with van der Waals surface area (Å²) in [6.07, 6.45) is 0.680. The average Bonchev–Trinajstić information content (AvgIpc) is 3.54. The molecule has 1 N–H and O–H groups in total. The zero-order chi connectivity index (χ0) is 22.1. The van der Waals surface area contributed by atoms with Crippen molar-refractivity contribution in [3.63, 3.8) is 0 Å². The summed E-state index contributed by atoms with van der Waals surface area (Å²) in [7, 11) is 0. The summed E-state index contributed by atoms with van der Waals surface area (Å²) in [6.45, 7) is 3.45. The van der Waals surface area contributed by atoms with Crippen molar-refractivity contribution in [2.75, 3.05) is 0 Å². The number of halogens is 2. The number of alkyl halides is 2. The number of benzene rings is 1. The van der Waals surface area contributed by atoms with Crippen LogP contribution >= 0.6 is 0 Å². The molecular weight excluding hydrogens is 402 g/mol. The van der Waals surface area contributed by atoms with E-state index in [0.29, 0.717) is 23.0 Å². The highest BCUT2D eigenvalue weighted by Crippen LogP contribution is 2.41. The number of nitrogens with one attached hydrogen (secondary N) is 1. The summed E-state index contributed by atoms with van der Waals surface area (Å²) < 4.78 is 28.1. The molecule has 3 aromatic rings. The Morgan fingerprint density at radius 3 is 2.68 bits per heavy atom. The van der Waals surface area contributed by atoms with E-state index in [1.807, 2.05) is 6.07 Å². The van der Waals surface area contributed by atoms with E-state index in [-0.39, 0.29) is 17.0 Å². The molecule has 31 heavy (non-hydrogen) atoms. The zero-order valence-electron chi connectivity index (χ0n) is 17.0. The highest BCUT2D eigenvalue weighted by molar-refractivity contribution is 5.94. The Bertz CT molecular complexity index is 1140. The predicted octanol–water partition coefficient (Wildman–Crippen LogP) is 4.15. The van der Waals surface area contributed by atoms with Crippen LogP contribution in [-0.2, 0) is 0 Å². The van der Waals surface area contributed by atoms with Gasteiger partial charge in [-0.15, -0.1) is 5.10 Å². The summed E-state index contributed by atoms with van der Waals surface area (Å²) in [6, 6.07) is 9.09. The Morgan fingerprint density at radius 1 is 1.29 bits per heavy atom. The first-order valence-corrected chi connectivity index (χ1v) is 9.89. The fourth-order valence-electron chi connectivity index (χ4n) is 3.39. The van der Waals surface area contributed by atoms with Crippen LogP contribution in [0, 0.1) is 18.3 Å². The van der Waals surface area contributed by atoms with Crippen LogP contribution in [0.25, 0.3) is 5.82 Å². The summed E-state index contributed by atoms with van der Waals surface area (Å²) in [5, 5.41) is 16.1. The van der Waals surface area contributed by atoms with Gasteiger partial charge in [0, 0.05) is 17.3 Å². The normalized spacial score (nSPS) is 14.3. The molecule has 0 unspecified atom stereocenters. The first-order chi connectivity index (χ1) is 14.9. The lowest BCUT2D eigenvalue weighted by molar-refractivity contribution is 0.0937. The van der Waals surface area contributed by atoms with Crippen molar-refractivity contribution in [3.8, 4) is 11.9 Å². The predicted molar refractivity (Wildman–Crippen MR) is 108 cm³/mol. The molecule has 1 aliphatic rings. The number of aromatic nitrogens is 4. The molecule has 0 bridgehead atoms. The van der Waals surface area contributed by atoms with Crippen molar-refractivity contribution >= 4 is 5.91 Å². The van der Waals surface area contributed by atoms with E-state index in [1.54, 1.807) is 32.0 Å². The van der Waals surface area contributed by atoms with Gasteiger partial charge in [-0.05, 0) is 68.5 Å². The van der Waals surface area contributed by atoms with Crippen molar-refractivity contribution in [1.29, 1.82) is 5.26 Å². The molecule has 0 radical (unpaired) electrons. The van der Waals surface area contributed by atoms with Gasteiger partial charge in [-0.3, -0.25) is 4.79 Å². The van der Waals surface area contributed by atoms with E-state index in [0.717, 1.165) is 18.4 Å². The molecule has 7 nitrogen and oxygen atoms in total. The summed E-state index contributed by atoms with van der Waals surface area (Å²) in [5.41, 5.74) is 1.24. The minimum absolute atomic E-state index is 0.150. The van der Waals surface area contributed by atoms with Gasteiger partial charge >= 0.3 is 0 Å². The fraction of sp³-hybridized carbons (Fsp3) is 0.318. The topological polar surface area (TPSA) is 96.5 Å². The maximum absolute atomic E-state index is 13.3. The van der Waals surface area contributed by atoms with Gasteiger partial charge in [0.2, 0.25) is 0 Å². The molecule has 0 spiro atoms. The van der Waals surface area contributed by atoms with Crippen LogP contribution in [0.5, 0.6) is 0 Å². The third-order valence-corrected chi connectivity index (χ3v) is 5.11. The van der Waals surface area contributed by atoms with E-state index in [9.17, 15) is 13.6 Å². The zero-order valence-corrected chi connectivity index (χ0v) is 17.0. The third kappa shape index (κ3) is 4.43. The number of amides is 1. The smallest absolute Gasteiger partial charge is 0.263 e. The van der Waals surface area contributed by atoms with Crippen molar-refractivity contribution < 1.29 is 13.6 Å². The molecule has 1 aromatic carbocycles. The molecule has 9 heteroatoms. The van der Waals surface area contributed by atoms with E-state index in [1.165, 1.54) is 23.0 Å². The molecule has 2 aromatic heterocycles. The Hall–Kier alpha value is -3.67. The molecule has 0 saturated heterocycles. The number of rotatable bonds is 6. The van der Waals surface area contributed by atoms with Gasteiger partial charge in [0.05, 0.1) is 11.6 Å². The molecule has 1 amide bonds. The van der Waals surface area contributed by atoms with Gasteiger partial charge in [0.15, 0.2) is 11.6 Å². The standard InChI is InChI=1S/C22H20F2N6O/c1-12(21-28-13(2)29-30(21)19-6-3-14(10-25)11-26-19)27-22(31)18-8-16(15-4-5-15)7-17(9-18)20(23)24/h3,6-9,11-12,15,20H,4-5H2,1-2H3,(H,27,31)/t12-/m0/s1.